The molecule has 1 N–H and O–H groups in total. The molecule has 0 fully saturated rings. The molecule has 1 unspecified atom stereocenters. The summed E-state index contributed by atoms with van der Waals surface area (Å²) >= 11 is 6.40. The van der Waals surface area contributed by atoms with E-state index in [0.717, 1.165) is 0 Å². The van der Waals surface area contributed by atoms with E-state index in [9.17, 15) is 18.0 Å². The molecule has 0 aromatic rings. The van der Waals surface area contributed by atoms with Crippen molar-refractivity contribution >= 4 is 37.8 Å². The Labute approximate surface area is 107 Å². The first kappa shape index (κ1) is 13.8. The highest BCUT2D eigenvalue weighted by atomic mass is 79.9. The molecule has 1 atom stereocenters. The second-order valence-corrected chi connectivity index (χ2v) is 4.58. The Morgan fingerprint density at radius 2 is 2.19 bits per heavy atom. The van der Waals surface area contributed by atoms with Gasteiger partial charge in [-0.1, -0.05) is 44.0 Å². The van der Waals surface area contributed by atoms with Gasteiger partial charge in [-0.25, -0.2) is 0 Å². The quantitative estimate of drug-likeness (QED) is 0.751. The van der Waals surface area contributed by atoms with Gasteiger partial charge in [0.05, 0.1) is 6.04 Å². The van der Waals surface area contributed by atoms with E-state index < -0.39 is 18.1 Å². The molecule has 1 aliphatic rings. The molecular formula is C9H8Br2F3NO. The molecule has 90 valence electrons. The van der Waals surface area contributed by atoms with Gasteiger partial charge in [-0.15, -0.1) is 0 Å². The van der Waals surface area contributed by atoms with Gasteiger partial charge < -0.3 is 5.32 Å². The van der Waals surface area contributed by atoms with Crippen molar-refractivity contribution in [3.63, 3.8) is 0 Å². The van der Waals surface area contributed by atoms with Gasteiger partial charge in [0.2, 0.25) is 0 Å². The summed E-state index contributed by atoms with van der Waals surface area (Å²) in [5.41, 5.74) is 0.695. The van der Waals surface area contributed by atoms with E-state index in [1.807, 2.05) is 5.32 Å². The van der Waals surface area contributed by atoms with Crippen LogP contribution < -0.4 is 5.32 Å². The fourth-order valence-electron chi connectivity index (χ4n) is 1.27. The highest BCUT2D eigenvalue weighted by molar-refractivity contribution is 9.12. The second-order valence-electron chi connectivity index (χ2n) is 3.17. The lowest BCUT2D eigenvalue weighted by molar-refractivity contribution is -0.174. The number of amides is 1. The van der Waals surface area contributed by atoms with Gasteiger partial charge in [0.25, 0.3) is 0 Å². The molecule has 7 heteroatoms. The highest BCUT2D eigenvalue weighted by Gasteiger charge is 2.40. The summed E-state index contributed by atoms with van der Waals surface area (Å²) in [5.74, 6) is -1.91. The maximum atomic E-state index is 12.1. The average molecular weight is 363 g/mol. The minimum Gasteiger partial charge on any atom is -0.341 e. The fourth-order valence-corrected chi connectivity index (χ4v) is 2.94. The number of carbonyl (C=O) groups is 1. The average Bonchev–Trinajstić information content (AvgIpc) is 2.16. The normalized spacial score (nSPS) is 21.2. The van der Waals surface area contributed by atoms with Crippen LogP contribution in [0.4, 0.5) is 13.2 Å². The van der Waals surface area contributed by atoms with E-state index in [1.54, 1.807) is 12.2 Å². The Kier molecular flexibility index (Phi) is 4.61. The predicted octanol–water partition coefficient (Wildman–Crippen LogP) is 3.04. The van der Waals surface area contributed by atoms with Crippen LogP contribution in [-0.2, 0) is 4.79 Å². The molecule has 1 amide bonds. The molecule has 0 aromatic heterocycles. The summed E-state index contributed by atoms with van der Waals surface area (Å²) in [5, 5.41) is 2.36. The minimum absolute atomic E-state index is 0.359. The lowest BCUT2D eigenvalue weighted by atomic mass is 10.0. The Balaban J connectivity index is 2.76. The molecule has 0 radical (unpaired) electrons. The first-order chi connectivity index (χ1) is 7.36. The van der Waals surface area contributed by atoms with Crippen molar-refractivity contribution in [1.29, 1.82) is 0 Å². The zero-order valence-corrected chi connectivity index (χ0v) is 11.1. The fraction of sp³-hybridized carbons (Fsp3) is 0.444. The van der Waals surface area contributed by atoms with Gasteiger partial charge in [0, 0.05) is 9.81 Å². The highest BCUT2D eigenvalue weighted by Crippen LogP contribution is 2.26. The zero-order valence-electron chi connectivity index (χ0n) is 7.94. The summed E-state index contributed by atoms with van der Waals surface area (Å²) in [4.78, 5) is 10.8. The van der Waals surface area contributed by atoms with Gasteiger partial charge in [-0.3, -0.25) is 4.79 Å². The number of alkyl halides is 4. The number of carbonyl (C=O) groups excluding carboxylic acids is 1. The smallest absolute Gasteiger partial charge is 0.341 e. The van der Waals surface area contributed by atoms with Crippen LogP contribution in [0.2, 0.25) is 0 Å². The van der Waals surface area contributed by atoms with Crippen LogP contribution in [0.25, 0.3) is 0 Å². The van der Waals surface area contributed by atoms with Gasteiger partial charge in [-0.05, 0) is 12.0 Å². The third kappa shape index (κ3) is 3.35. The van der Waals surface area contributed by atoms with Crippen molar-refractivity contribution in [2.45, 2.75) is 18.6 Å². The monoisotopic (exact) mass is 361 g/mol. The Morgan fingerprint density at radius 3 is 2.69 bits per heavy atom. The molecule has 0 saturated heterocycles. The van der Waals surface area contributed by atoms with E-state index in [2.05, 4.69) is 31.9 Å². The summed E-state index contributed by atoms with van der Waals surface area (Å²) in [6, 6.07) is -0.618. The van der Waals surface area contributed by atoms with Crippen LogP contribution in [0.1, 0.15) is 6.42 Å². The molecular weight excluding hydrogens is 355 g/mol. The van der Waals surface area contributed by atoms with Gasteiger partial charge in [0.15, 0.2) is 0 Å². The topological polar surface area (TPSA) is 29.1 Å². The van der Waals surface area contributed by atoms with Crippen LogP contribution in [0.15, 0.2) is 22.2 Å². The summed E-state index contributed by atoms with van der Waals surface area (Å²) in [6.07, 6.45) is -1.02. The van der Waals surface area contributed by atoms with Crippen LogP contribution >= 0.6 is 31.9 Å². The number of hydrogen-bond acceptors (Lipinski definition) is 1. The number of allylic oxidation sites excluding steroid dienone is 2. The van der Waals surface area contributed by atoms with Crippen molar-refractivity contribution in [2.24, 2.45) is 0 Å². The van der Waals surface area contributed by atoms with Crippen molar-refractivity contribution in [3.05, 3.63) is 22.2 Å². The van der Waals surface area contributed by atoms with Crippen LogP contribution in [-0.4, -0.2) is 23.5 Å². The molecule has 0 saturated carbocycles. The van der Waals surface area contributed by atoms with Gasteiger partial charge >= 0.3 is 12.1 Å². The largest absolute Gasteiger partial charge is 0.471 e. The standard InChI is InChI=1S/C9H8Br2F3NO/c10-4-5-6(11)2-1-3-7(5)15-8(16)9(12,13)14/h1-2,7H,3-4H2,(H,15,16). The van der Waals surface area contributed by atoms with Gasteiger partial charge in [0.1, 0.15) is 0 Å². The van der Waals surface area contributed by atoms with E-state index >= 15 is 0 Å². The third-order valence-corrected chi connectivity index (χ3v) is 3.45. The van der Waals surface area contributed by atoms with Gasteiger partial charge in [-0.2, -0.15) is 13.2 Å². The second kappa shape index (κ2) is 5.35. The van der Waals surface area contributed by atoms with Crippen LogP contribution in [0.3, 0.4) is 0 Å². The number of hydrogen-bond donors (Lipinski definition) is 1. The maximum Gasteiger partial charge on any atom is 0.471 e. The lowest BCUT2D eigenvalue weighted by Gasteiger charge is -2.23. The number of nitrogens with one attached hydrogen (secondary N) is 1. The van der Waals surface area contributed by atoms with Crippen molar-refractivity contribution in [2.75, 3.05) is 5.33 Å². The predicted molar refractivity (Wildman–Crippen MR) is 61.5 cm³/mol. The van der Waals surface area contributed by atoms with E-state index in [1.165, 1.54) is 0 Å². The van der Waals surface area contributed by atoms with Crippen molar-refractivity contribution < 1.29 is 18.0 Å². The van der Waals surface area contributed by atoms with E-state index in [0.29, 0.717) is 21.8 Å². The van der Waals surface area contributed by atoms with Crippen LogP contribution in [0, 0.1) is 0 Å². The lowest BCUT2D eigenvalue weighted by Crippen LogP contribution is -2.44. The first-order valence-corrected chi connectivity index (χ1v) is 6.26. The number of halogens is 5. The molecule has 16 heavy (non-hydrogen) atoms. The summed E-state index contributed by atoms with van der Waals surface area (Å²) in [7, 11) is 0. The van der Waals surface area contributed by atoms with E-state index in [-0.39, 0.29) is 0 Å². The Bertz CT molecular complexity index is 349. The minimum atomic E-state index is -4.84. The SMILES string of the molecule is O=C(NC1CC=CC(Br)=C1CBr)C(F)(F)F. The number of rotatable bonds is 2. The Hall–Kier alpha value is -0.300. The maximum absolute atomic E-state index is 12.1. The molecule has 0 aliphatic heterocycles. The molecule has 0 heterocycles. The third-order valence-electron chi connectivity index (χ3n) is 2.07. The summed E-state index contributed by atoms with van der Waals surface area (Å²) in [6.45, 7) is 0. The molecule has 1 aliphatic carbocycles. The molecule has 0 spiro atoms. The first-order valence-electron chi connectivity index (χ1n) is 4.35. The molecule has 0 aromatic carbocycles. The zero-order chi connectivity index (χ0) is 12.3. The molecule has 0 bridgehead atoms. The van der Waals surface area contributed by atoms with Crippen LogP contribution in [0.5, 0.6) is 0 Å². The molecule has 2 nitrogen and oxygen atoms in total. The van der Waals surface area contributed by atoms with Crippen molar-refractivity contribution in [1.82, 2.24) is 5.32 Å². The van der Waals surface area contributed by atoms with Crippen molar-refractivity contribution in [3.8, 4) is 0 Å². The molecule has 1 rings (SSSR count). The Morgan fingerprint density at radius 1 is 1.56 bits per heavy atom. The van der Waals surface area contributed by atoms with E-state index in [4.69, 9.17) is 0 Å². The summed E-state index contributed by atoms with van der Waals surface area (Å²) < 4.78 is 36.9.